The van der Waals surface area contributed by atoms with Crippen molar-refractivity contribution in [1.29, 1.82) is 0 Å². The highest BCUT2D eigenvalue weighted by Gasteiger charge is 2.11. The SMILES string of the molecule is CN(C)CCCOC(=O)C(N)CN. The van der Waals surface area contributed by atoms with E-state index in [9.17, 15) is 4.79 Å². The van der Waals surface area contributed by atoms with Crippen molar-refractivity contribution in [1.82, 2.24) is 4.90 Å². The van der Waals surface area contributed by atoms with Crippen molar-refractivity contribution in [2.24, 2.45) is 11.5 Å². The highest BCUT2D eigenvalue weighted by atomic mass is 16.5. The minimum absolute atomic E-state index is 0.131. The van der Waals surface area contributed by atoms with Crippen LogP contribution in [0, 0.1) is 0 Å². The third-order valence-corrected chi connectivity index (χ3v) is 1.55. The zero-order valence-corrected chi connectivity index (χ0v) is 8.32. The molecule has 0 aromatic carbocycles. The van der Waals surface area contributed by atoms with Crippen LogP contribution in [0.1, 0.15) is 6.42 Å². The largest absolute Gasteiger partial charge is 0.464 e. The molecule has 0 heterocycles. The van der Waals surface area contributed by atoms with E-state index >= 15 is 0 Å². The smallest absolute Gasteiger partial charge is 0.324 e. The van der Waals surface area contributed by atoms with Gasteiger partial charge in [0.1, 0.15) is 6.04 Å². The predicted molar refractivity (Wildman–Crippen MR) is 51.2 cm³/mol. The number of carbonyl (C=O) groups is 1. The van der Waals surface area contributed by atoms with Gasteiger partial charge in [0.05, 0.1) is 6.61 Å². The van der Waals surface area contributed by atoms with Crippen LogP contribution in [0.2, 0.25) is 0 Å². The molecule has 0 amide bonds. The zero-order chi connectivity index (χ0) is 10.3. The van der Waals surface area contributed by atoms with Crippen LogP contribution in [0.15, 0.2) is 0 Å². The van der Waals surface area contributed by atoms with Gasteiger partial charge in [-0.15, -0.1) is 0 Å². The number of rotatable bonds is 6. The molecule has 0 aliphatic carbocycles. The lowest BCUT2D eigenvalue weighted by Gasteiger charge is -2.11. The normalized spacial score (nSPS) is 13.0. The quantitative estimate of drug-likeness (QED) is 0.404. The second-order valence-electron chi connectivity index (χ2n) is 3.17. The van der Waals surface area contributed by atoms with Crippen LogP contribution in [-0.2, 0) is 9.53 Å². The van der Waals surface area contributed by atoms with Gasteiger partial charge in [-0.1, -0.05) is 0 Å². The molecule has 0 fully saturated rings. The molecule has 13 heavy (non-hydrogen) atoms. The van der Waals surface area contributed by atoms with Crippen LogP contribution in [0.25, 0.3) is 0 Å². The van der Waals surface area contributed by atoms with Gasteiger partial charge in [0, 0.05) is 13.1 Å². The van der Waals surface area contributed by atoms with Crippen molar-refractivity contribution >= 4 is 5.97 Å². The van der Waals surface area contributed by atoms with Crippen LogP contribution >= 0.6 is 0 Å². The standard InChI is InChI=1S/C8H19N3O2/c1-11(2)4-3-5-13-8(12)7(10)6-9/h7H,3-6,9-10H2,1-2H3. The fraction of sp³-hybridized carbons (Fsp3) is 0.875. The Bertz CT molecular complexity index is 150. The van der Waals surface area contributed by atoms with Gasteiger partial charge < -0.3 is 21.1 Å². The monoisotopic (exact) mass is 189 g/mol. The van der Waals surface area contributed by atoms with E-state index in [2.05, 4.69) is 0 Å². The predicted octanol–water partition coefficient (Wildman–Crippen LogP) is -1.23. The molecular formula is C8H19N3O2. The van der Waals surface area contributed by atoms with Crippen LogP contribution in [0.4, 0.5) is 0 Å². The first-order chi connectivity index (χ1) is 6.07. The minimum atomic E-state index is -0.681. The van der Waals surface area contributed by atoms with E-state index in [1.54, 1.807) is 0 Å². The van der Waals surface area contributed by atoms with Crippen molar-refractivity contribution in [2.75, 3.05) is 33.8 Å². The summed E-state index contributed by atoms with van der Waals surface area (Å²) in [5.74, 6) is -0.416. The van der Waals surface area contributed by atoms with Crippen LogP contribution in [0.3, 0.4) is 0 Å². The summed E-state index contributed by atoms with van der Waals surface area (Å²) >= 11 is 0. The summed E-state index contributed by atoms with van der Waals surface area (Å²) < 4.78 is 4.87. The van der Waals surface area contributed by atoms with E-state index < -0.39 is 12.0 Å². The Balaban J connectivity index is 3.37. The molecule has 0 radical (unpaired) electrons. The second-order valence-corrected chi connectivity index (χ2v) is 3.17. The van der Waals surface area contributed by atoms with Gasteiger partial charge in [0.2, 0.25) is 0 Å². The molecule has 0 rings (SSSR count). The maximum Gasteiger partial charge on any atom is 0.324 e. The molecule has 5 nitrogen and oxygen atoms in total. The average molecular weight is 189 g/mol. The second kappa shape index (κ2) is 6.82. The molecule has 1 atom stereocenters. The van der Waals surface area contributed by atoms with Gasteiger partial charge >= 0.3 is 5.97 Å². The van der Waals surface area contributed by atoms with Gasteiger partial charge in [-0.05, 0) is 20.5 Å². The molecule has 0 aromatic heterocycles. The van der Waals surface area contributed by atoms with Gasteiger partial charge in [-0.25, -0.2) is 0 Å². The summed E-state index contributed by atoms with van der Waals surface area (Å²) in [5, 5.41) is 0. The van der Waals surface area contributed by atoms with Crippen LogP contribution < -0.4 is 11.5 Å². The number of nitrogens with zero attached hydrogens (tertiary/aromatic N) is 1. The molecular weight excluding hydrogens is 170 g/mol. The maximum absolute atomic E-state index is 11.0. The summed E-state index contributed by atoms with van der Waals surface area (Å²) in [6, 6.07) is -0.681. The Morgan fingerprint density at radius 2 is 2.15 bits per heavy atom. The maximum atomic E-state index is 11.0. The molecule has 4 N–H and O–H groups in total. The molecule has 0 aromatic rings. The molecule has 0 saturated heterocycles. The van der Waals surface area contributed by atoms with Gasteiger partial charge in [-0.2, -0.15) is 0 Å². The molecule has 0 aliphatic rings. The van der Waals surface area contributed by atoms with E-state index in [0.29, 0.717) is 6.61 Å². The van der Waals surface area contributed by atoms with Crippen molar-refractivity contribution in [3.05, 3.63) is 0 Å². The lowest BCUT2D eigenvalue weighted by Crippen LogP contribution is -2.39. The number of hydrogen-bond acceptors (Lipinski definition) is 5. The van der Waals surface area contributed by atoms with E-state index in [-0.39, 0.29) is 6.54 Å². The highest BCUT2D eigenvalue weighted by Crippen LogP contribution is 1.88. The van der Waals surface area contributed by atoms with E-state index in [0.717, 1.165) is 13.0 Å². The highest BCUT2D eigenvalue weighted by molar-refractivity contribution is 5.75. The van der Waals surface area contributed by atoms with Crippen molar-refractivity contribution in [2.45, 2.75) is 12.5 Å². The number of ether oxygens (including phenoxy) is 1. The van der Waals surface area contributed by atoms with E-state index in [4.69, 9.17) is 16.2 Å². The van der Waals surface area contributed by atoms with Gasteiger partial charge in [0.15, 0.2) is 0 Å². The Hall–Kier alpha value is -0.650. The number of carbonyl (C=O) groups excluding carboxylic acids is 1. The summed E-state index contributed by atoms with van der Waals surface area (Å²) in [5.41, 5.74) is 10.5. The van der Waals surface area contributed by atoms with Crippen molar-refractivity contribution in [3.63, 3.8) is 0 Å². The van der Waals surface area contributed by atoms with Crippen molar-refractivity contribution in [3.8, 4) is 0 Å². The first-order valence-electron chi connectivity index (χ1n) is 4.35. The number of nitrogens with two attached hydrogens (primary N) is 2. The summed E-state index contributed by atoms with van der Waals surface area (Å²) in [7, 11) is 3.93. The lowest BCUT2D eigenvalue weighted by atomic mass is 10.3. The molecule has 0 spiro atoms. The molecule has 0 aliphatic heterocycles. The third kappa shape index (κ3) is 6.51. The topological polar surface area (TPSA) is 81.6 Å². The van der Waals surface area contributed by atoms with Crippen LogP contribution in [-0.4, -0.2) is 50.7 Å². The Labute approximate surface area is 79.0 Å². The van der Waals surface area contributed by atoms with Crippen molar-refractivity contribution < 1.29 is 9.53 Å². The Morgan fingerprint density at radius 3 is 2.62 bits per heavy atom. The zero-order valence-electron chi connectivity index (χ0n) is 8.32. The molecule has 78 valence electrons. The molecule has 1 unspecified atom stereocenters. The Kier molecular flexibility index (Phi) is 6.48. The summed E-state index contributed by atoms with van der Waals surface area (Å²) in [6.07, 6.45) is 0.816. The first-order valence-corrected chi connectivity index (χ1v) is 4.35. The van der Waals surface area contributed by atoms with Gasteiger partial charge in [-0.3, -0.25) is 4.79 Å². The molecule has 0 bridgehead atoms. The van der Waals surface area contributed by atoms with Crippen LogP contribution in [0.5, 0.6) is 0 Å². The average Bonchev–Trinajstić information content (AvgIpc) is 2.10. The lowest BCUT2D eigenvalue weighted by molar-refractivity contribution is -0.145. The first kappa shape index (κ1) is 12.3. The number of hydrogen-bond donors (Lipinski definition) is 2. The summed E-state index contributed by atoms with van der Waals surface area (Å²) in [4.78, 5) is 13.0. The third-order valence-electron chi connectivity index (χ3n) is 1.55. The van der Waals surface area contributed by atoms with Gasteiger partial charge in [0.25, 0.3) is 0 Å². The minimum Gasteiger partial charge on any atom is -0.464 e. The fourth-order valence-corrected chi connectivity index (χ4v) is 0.757. The molecule has 0 saturated carbocycles. The van der Waals surface area contributed by atoms with E-state index in [1.807, 2.05) is 19.0 Å². The molecule has 5 heteroatoms. The van der Waals surface area contributed by atoms with E-state index in [1.165, 1.54) is 0 Å². The number of esters is 1. The fourth-order valence-electron chi connectivity index (χ4n) is 0.757. The Morgan fingerprint density at radius 1 is 1.54 bits per heavy atom. The summed E-state index contributed by atoms with van der Waals surface area (Å²) in [6.45, 7) is 1.43.